The molecule has 1 aliphatic carbocycles. The van der Waals surface area contributed by atoms with Crippen LogP contribution in [0, 0.1) is 24.2 Å². The highest BCUT2D eigenvalue weighted by atomic mass is 32.1. The SMILES string of the molecule is Cc1[nH]ncc1C(C)NC(=O)OCC1CCc2c(sc(NC(=O)CC(C)c3ccccc3)c2C#N)C1. The molecular weight excluding hydrogens is 474 g/mol. The minimum absolute atomic E-state index is 0.0825. The van der Waals surface area contributed by atoms with E-state index >= 15 is 0 Å². The van der Waals surface area contributed by atoms with Crippen LogP contribution in [-0.2, 0) is 22.4 Å². The molecule has 8 nitrogen and oxygen atoms in total. The lowest BCUT2D eigenvalue weighted by atomic mass is 9.88. The quantitative estimate of drug-likeness (QED) is 0.380. The summed E-state index contributed by atoms with van der Waals surface area (Å²) in [5, 5.41) is 23.1. The number of aromatic nitrogens is 2. The number of nitriles is 1. The van der Waals surface area contributed by atoms with Crippen molar-refractivity contribution in [1.82, 2.24) is 15.5 Å². The fraction of sp³-hybridized carbons (Fsp3) is 0.407. The second-order valence-electron chi connectivity index (χ2n) is 9.41. The summed E-state index contributed by atoms with van der Waals surface area (Å²) in [5.74, 6) is 0.153. The maximum atomic E-state index is 12.7. The molecule has 3 N–H and O–H groups in total. The molecule has 188 valence electrons. The van der Waals surface area contributed by atoms with Crippen molar-refractivity contribution in [2.75, 3.05) is 11.9 Å². The van der Waals surface area contributed by atoms with Gasteiger partial charge in [0.15, 0.2) is 0 Å². The lowest BCUT2D eigenvalue weighted by Crippen LogP contribution is -2.30. The summed E-state index contributed by atoms with van der Waals surface area (Å²) < 4.78 is 5.51. The highest BCUT2D eigenvalue weighted by Crippen LogP contribution is 2.39. The topological polar surface area (TPSA) is 120 Å². The standard InChI is InChI=1S/C27H31N5O3S/c1-16(20-7-5-4-6-8-20)11-25(33)31-26-22(13-28)21-10-9-19(12-24(21)36-26)15-35-27(34)30-17(2)23-14-29-32-18(23)3/h4-8,14,16-17,19H,9-12,15H2,1-3H3,(H,29,32)(H,30,34)(H,31,33). The second kappa shape index (κ2) is 11.4. The third-order valence-electron chi connectivity index (χ3n) is 6.71. The first kappa shape index (κ1) is 25.5. The Bertz CT molecular complexity index is 1260. The van der Waals surface area contributed by atoms with Crippen molar-refractivity contribution in [3.8, 4) is 6.07 Å². The van der Waals surface area contributed by atoms with Gasteiger partial charge in [0.25, 0.3) is 0 Å². The van der Waals surface area contributed by atoms with Gasteiger partial charge in [-0.25, -0.2) is 4.79 Å². The zero-order chi connectivity index (χ0) is 25.7. The number of anilines is 1. The Morgan fingerprint density at radius 2 is 2.08 bits per heavy atom. The molecule has 2 heterocycles. The third kappa shape index (κ3) is 5.94. The average Bonchev–Trinajstić information content (AvgIpc) is 3.45. The van der Waals surface area contributed by atoms with Gasteiger partial charge in [0.05, 0.1) is 24.4 Å². The van der Waals surface area contributed by atoms with Crippen molar-refractivity contribution < 1.29 is 14.3 Å². The number of carbonyl (C=O) groups excluding carboxylic acids is 2. The minimum Gasteiger partial charge on any atom is -0.449 e. The van der Waals surface area contributed by atoms with Gasteiger partial charge in [0, 0.05) is 22.6 Å². The summed E-state index contributed by atoms with van der Waals surface area (Å²) in [6, 6.07) is 12.0. The predicted octanol–water partition coefficient (Wildman–Crippen LogP) is 5.38. The fourth-order valence-corrected chi connectivity index (χ4v) is 5.97. The molecule has 3 aromatic rings. The number of alkyl carbamates (subject to hydrolysis) is 1. The van der Waals surface area contributed by atoms with E-state index in [0.29, 0.717) is 30.0 Å². The Balaban J connectivity index is 1.32. The van der Waals surface area contributed by atoms with Crippen molar-refractivity contribution in [1.29, 1.82) is 5.26 Å². The first-order valence-electron chi connectivity index (χ1n) is 12.2. The van der Waals surface area contributed by atoms with Gasteiger partial charge in [-0.3, -0.25) is 9.89 Å². The Morgan fingerprint density at radius 3 is 2.78 bits per heavy atom. The van der Waals surface area contributed by atoms with E-state index in [4.69, 9.17) is 4.74 Å². The lowest BCUT2D eigenvalue weighted by molar-refractivity contribution is -0.116. The van der Waals surface area contributed by atoms with Crippen molar-refractivity contribution in [3.05, 3.63) is 69.4 Å². The molecule has 1 aromatic carbocycles. The maximum Gasteiger partial charge on any atom is 0.407 e. The number of thiophene rings is 1. The van der Waals surface area contributed by atoms with Crippen LogP contribution in [-0.4, -0.2) is 28.8 Å². The average molecular weight is 506 g/mol. The lowest BCUT2D eigenvalue weighted by Gasteiger charge is -2.22. The number of amides is 2. The third-order valence-corrected chi connectivity index (χ3v) is 7.88. The fourth-order valence-electron chi connectivity index (χ4n) is 4.64. The van der Waals surface area contributed by atoms with Crippen LogP contribution in [0.15, 0.2) is 36.5 Å². The molecule has 0 saturated carbocycles. The maximum absolute atomic E-state index is 12.7. The van der Waals surface area contributed by atoms with Crippen molar-refractivity contribution >= 4 is 28.3 Å². The van der Waals surface area contributed by atoms with Gasteiger partial charge in [-0.2, -0.15) is 10.4 Å². The van der Waals surface area contributed by atoms with Crippen LogP contribution in [0.25, 0.3) is 0 Å². The molecule has 36 heavy (non-hydrogen) atoms. The summed E-state index contributed by atoms with van der Waals surface area (Å²) in [4.78, 5) is 26.1. The van der Waals surface area contributed by atoms with Crippen LogP contribution in [0.4, 0.5) is 9.80 Å². The molecule has 4 rings (SSSR count). The van der Waals surface area contributed by atoms with Gasteiger partial charge in [0.1, 0.15) is 11.1 Å². The molecule has 0 saturated heterocycles. The number of hydrogen-bond donors (Lipinski definition) is 3. The van der Waals surface area contributed by atoms with Gasteiger partial charge in [-0.05, 0) is 56.1 Å². The van der Waals surface area contributed by atoms with Crippen molar-refractivity contribution in [2.45, 2.75) is 58.4 Å². The summed E-state index contributed by atoms with van der Waals surface area (Å²) >= 11 is 1.47. The van der Waals surface area contributed by atoms with Crippen LogP contribution in [0.5, 0.6) is 0 Å². The van der Waals surface area contributed by atoms with Crippen LogP contribution < -0.4 is 10.6 Å². The number of H-pyrrole nitrogens is 1. The molecule has 0 radical (unpaired) electrons. The molecule has 3 unspecified atom stereocenters. The molecule has 0 fully saturated rings. The summed E-state index contributed by atoms with van der Waals surface area (Å²) in [6.45, 7) is 6.12. The van der Waals surface area contributed by atoms with E-state index in [-0.39, 0.29) is 23.8 Å². The van der Waals surface area contributed by atoms with Crippen LogP contribution in [0.2, 0.25) is 0 Å². The summed E-state index contributed by atoms with van der Waals surface area (Å²) in [7, 11) is 0. The molecule has 0 bridgehead atoms. The van der Waals surface area contributed by atoms with E-state index in [0.717, 1.165) is 40.1 Å². The minimum atomic E-state index is -0.460. The van der Waals surface area contributed by atoms with Gasteiger partial charge in [-0.1, -0.05) is 37.3 Å². The van der Waals surface area contributed by atoms with Crippen molar-refractivity contribution in [2.24, 2.45) is 5.92 Å². The van der Waals surface area contributed by atoms with E-state index in [9.17, 15) is 14.9 Å². The highest BCUT2D eigenvalue weighted by Gasteiger charge is 2.28. The predicted molar refractivity (Wildman–Crippen MR) is 139 cm³/mol. The van der Waals surface area contributed by atoms with Gasteiger partial charge in [-0.15, -0.1) is 11.3 Å². The van der Waals surface area contributed by atoms with E-state index in [1.54, 1.807) is 6.20 Å². The number of ether oxygens (including phenoxy) is 1. The molecule has 0 spiro atoms. The van der Waals surface area contributed by atoms with Crippen molar-refractivity contribution in [3.63, 3.8) is 0 Å². The number of fused-ring (bicyclic) bond motifs is 1. The molecule has 2 aromatic heterocycles. The molecule has 3 atom stereocenters. The first-order chi connectivity index (χ1) is 17.4. The van der Waals surface area contributed by atoms with E-state index in [2.05, 4.69) is 26.9 Å². The number of nitrogens with one attached hydrogen (secondary N) is 3. The molecule has 2 amide bonds. The van der Waals surface area contributed by atoms with E-state index in [1.165, 1.54) is 11.3 Å². The second-order valence-corrected chi connectivity index (χ2v) is 10.5. The number of aryl methyl sites for hydroxylation is 1. The summed E-state index contributed by atoms with van der Waals surface area (Å²) in [5.41, 5.74) is 4.52. The Hall–Kier alpha value is -3.64. The monoisotopic (exact) mass is 505 g/mol. The Labute approximate surface area is 215 Å². The van der Waals surface area contributed by atoms with Gasteiger partial charge in [0.2, 0.25) is 5.91 Å². The molecule has 0 aliphatic heterocycles. The summed E-state index contributed by atoms with van der Waals surface area (Å²) in [6.07, 6.45) is 3.85. The number of rotatable bonds is 8. The van der Waals surface area contributed by atoms with Gasteiger partial charge >= 0.3 is 6.09 Å². The number of hydrogen-bond acceptors (Lipinski definition) is 6. The molecule has 9 heteroatoms. The molecule has 1 aliphatic rings. The number of carbonyl (C=O) groups is 2. The van der Waals surface area contributed by atoms with Crippen LogP contribution in [0.1, 0.15) is 71.5 Å². The van der Waals surface area contributed by atoms with Crippen LogP contribution in [0.3, 0.4) is 0 Å². The van der Waals surface area contributed by atoms with E-state index in [1.807, 2.05) is 51.1 Å². The number of benzene rings is 1. The smallest absolute Gasteiger partial charge is 0.407 e. The largest absolute Gasteiger partial charge is 0.449 e. The number of nitrogens with zero attached hydrogens (tertiary/aromatic N) is 2. The number of aromatic amines is 1. The van der Waals surface area contributed by atoms with Crippen LogP contribution >= 0.6 is 11.3 Å². The Kier molecular flexibility index (Phi) is 8.06. The molecular formula is C27H31N5O3S. The first-order valence-corrected chi connectivity index (χ1v) is 13.0. The zero-order valence-electron chi connectivity index (χ0n) is 20.8. The van der Waals surface area contributed by atoms with E-state index < -0.39 is 6.09 Å². The highest BCUT2D eigenvalue weighted by molar-refractivity contribution is 7.16. The van der Waals surface area contributed by atoms with Gasteiger partial charge < -0.3 is 15.4 Å². The normalized spacial score (nSPS) is 16.3. The Morgan fingerprint density at radius 1 is 1.31 bits per heavy atom. The zero-order valence-corrected chi connectivity index (χ0v) is 21.6.